The summed E-state index contributed by atoms with van der Waals surface area (Å²) in [5.41, 5.74) is 3.05. The Morgan fingerprint density at radius 2 is 2.33 bits per heavy atom. The van der Waals surface area contributed by atoms with Crippen LogP contribution in [0.5, 0.6) is 0 Å². The van der Waals surface area contributed by atoms with Gasteiger partial charge in [0.1, 0.15) is 0 Å². The lowest BCUT2D eigenvalue weighted by molar-refractivity contribution is 0.853. The van der Waals surface area contributed by atoms with Crippen molar-refractivity contribution in [3.63, 3.8) is 0 Å². The summed E-state index contributed by atoms with van der Waals surface area (Å²) >= 11 is 0. The number of pyridine rings is 1. The average molecular weight is 242 g/mol. The number of anilines is 1. The minimum Gasteiger partial charge on any atom is -0.346 e. The van der Waals surface area contributed by atoms with Crippen LogP contribution in [0, 0.1) is 6.92 Å². The molecule has 0 aliphatic heterocycles. The number of aromatic amines is 1. The average Bonchev–Trinajstić information content (AvgIpc) is 2.97. The Bertz CT molecular complexity index is 654. The molecule has 0 aliphatic carbocycles. The van der Waals surface area contributed by atoms with Gasteiger partial charge >= 0.3 is 0 Å². The van der Waals surface area contributed by atoms with E-state index in [0.717, 1.165) is 16.8 Å². The summed E-state index contributed by atoms with van der Waals surface area (Å²) in [6.45, 7) is 4.07. The van der Waals surface area contributed by atoms with Gasteiger partial charge in [-0.25, -0.2) is 4.52 Å². The van der Waals surface area contributed by atoms with Crippen LogP contribution in [0.15, 0.2) is 30.7 Å². The standard InChI is InChI=1S/C12H14N6/c1-8-4-3-5-18-11(8)16-12(17-18)15-9(2)10-6-13-14-7-10/h3-7,9H,1-2H3,(H,13,14)(H,15,17). The second-order valence-electron chi connectivity index (χ2n) is 4.29. The number of fused-ring (bicyclic) bond motifs is 1. The molecule has 0 aliphatic rings. The zero-order valence-electron chi connectivity index (χ0n) is 10.3. The van der Waals surface area contributed by atoms with Gasteiger partial charge < -0.3 is 5.32 Å². The molecule has 1 atom stereocenters. The fourth-order valence-corrected chi connectivity index (χ4v) is 1.88. The van der Waals surface area contributed by atoms with Crippen LogP contribution in [0.25, 0.3) is 5.65 Å². The van der Waals surface area contributed by atoms with Crippen LogP contribution in [-0.2, 0) is 0 Å². The molecule has 0 saturated heterocycles. The number of H-pyrrole nitrogens is 1. The lowest BCUT2D eigenvalue weighted by Crippen LogP contribution is -2.07. The van der Waals surface area contributed by atoms with Crippen molar-refractivity contribution >= 4 is 11.6 Å². The summed E-state index contributed by atoms with van der Waals surface area (Å²) in [6, 6.07) is 4.09. The van der Waals surface area contributed by atoms with Crippen LogP contribution in [0.3, 0.4) is 0 Å². The molecule has 0 fully saturated rings. The highest BCUT2D eigenvalue weighted by molar-refractivity contribution is 5.50. The van der Waals surface area contributed by atoms with Crippen LogP contribution in [-0.4, -0.2) is 24.8 Å². The smallest absolute Gasteiger partial charge is 0.243 e. The molecule has 3 aromatic rings. The monoisotopic (exact) mass is 242 g/mol. The normalized spacial score (nSPS) is 12.8. The van der Waals surface area contributed by atoms with Gasteiger partial charge in [0.2, 0.25) is 5.95 Å². The maximum atomic E-state index is 4.47. The molecule has 3 aromatic heterocycles. The molecule has 2 N–H and O–H groups in total. The van der Waals surface area contributed by atoms with E-state index in [2.05, 4.69) is 25.6 Å². The van der Waals surface area contributed by atoms with E-state index in [1.54, 1.807) is 10.7 Å². The van der Waals surface area contributed by atoms with Crippen LogP contribution < -0.4 is 5.32 Å². The first-order valence-corrected chi connectivity index (χ1v) is 5.81. The molecule has 92 valence electrons. The van der Waals surface area contributed by atoms with E-state index in [-0.39, 0.29) is 6.04 Å². The summed E-state index contributed by atoms with van der Waals surface area (Å²) in [4.78, 5) is 4.47. The molecule has 6 nitrogen and oxygen atoms in total. The van der Waals surface area contributed by atoms with E-state index in [1.807, 2.05) is 38.4 Å². The fourth-order valence-electron chi connectivity index (χ4n) is 1.88. The maximum absolute atomic E-state index is 4.47. The Morgan fingerprint density at radius 1 is 1.44 bits per heavy atom. The minimum atomic E-state index is 0.112. The molecule has 0 saturated carbocycles. The Hall–Kier alpha value is -2.37. The topological polar surface area (TPSA) is 70.9 Å². The summed E-state index contributed by atoms with van der Waals surface area (Å²) < 4.78 is 1.78. The fraction of sp³-hybridized carbons (Fsp3) is 0.250. The Balaban J connectivity index is 1.89. The number of hydrogen-bond acceptors (Lipinski definition) is 4. The lowest BCUT2D eigenvalue weighted by atomic mass is 10.2. The van der Waals surface area contributed by atoms with Crippen LogP contribution >= 0.6 is 0 Å². The summed E-state index contributed by atoms with van der Waals surface area (Å²) in [6.07, 6.45) is 5.54. The number of aromatic nitrogens is 5. The van der Waals surface area contributed by atoms with Crippen LogP contribution in [0.2, 0.25) is 0 Å². The molecular formula is C12H14N6. The molecule has 1 unspecified atom stereocenters. The molecule has 6 heteroatoms. The lowest BCUT2D eigenvalue weighted by Gasteiger charge is -2.08. The molecule has 0 amide bonds. The number of nitrogens with zero attached hydrogens (tertiary/aromatic N) is 4. The third-order valence-electron chi connectivity index (χ3n) is 2.92. The Kier molecular flexibility index (Phi) is 2.47. The Morgan fingerprint density at radius 3 is 3.06 bits per heavy atom. The SMILES string of the molecule is Cc1cccn2nc(NC(C)c3cn[nH]c3)nc12. The van der Waals surface area contributed by atoms with Crippen molar-refractivity contribution in [3.8, 4) is 0 Å². The second-order valence-corrected chi connectivity index (χ2v) is 4.29. The number of aryl methyl sites for hydroxylation is 1. The second kappa shape index (κ2) is 4.14. The van der Waals surface area contributed by atoms with Crippen molar-refractivity contribution in [1.29, 1.82) is 0 Å². The highest BCUT2D eigenvalue weighted by Gasteiger charge is 2.10. The molecule has 18 heavy (non-hydrogen) atoms. The van der Waals surface area contributed by atoms with Crippen LogP contribution in [0.4, 0.5) is 5.95 Å². The predicted octanol–water partition coefficient (Wildman–Crippen LogP) is 1.93. The van der Waals surface area contributed by atoms with Gasteiger partial charge in [-0.1, -0.05) is 6.07 Å². The maximum Gasteiger partial charge on any atom is 0.243 e. The zero-order valence-corrected chi connectivity index (χ0v) is 10.3. The van der Waals surface area contributed by atoms with Gasteiger partial charge in [-0.15, -0.1) is 5.10 Å². The third-order valence-corrected chi connectivity index (χ3v) is 2.92. The van der Waals surface area contributed by atoms with Gasteiger partial charge in [-0.2, -0.15) is 10.1 Å². The summed E-state index contributed by atoms with van der Waals surface area (Å²) in [5.74, 6) is 0.623. The molecule has 0 spiro atoms. The van der Waals surface area contributed by atoms with Gasteiger partial charge in [-0.3, -0.25) is 5.10 Å². The van der Waals surface area contributed by atoms with Crippen molar-refractivity contribution in [2.45, 2.75) is 19.9 Å². The quantitative estimate of drug-likeness (QED) is 0.736. The first kappa shape index (κ1) is 10.8. The summed E-state index contributed by atoms with van der Waals surface area (Å²) in [7, 11) is 0. The molecule has 0 aromatic carbocycles. The first-order valence-electron chi connectivity index (χ1n) is 5.81. The van der Waals surface area contributed by atoms with Crippen molar-refractivity contribution < 1.29 is 0 Å². The number of nitrogens with one attached hydrogen (secondary N) is 2. The van der Waals surface area contributed by atoms with E-state index in [0.29, 0.717) is 5.95 Å². The predicted molar refractivity (Wildman–Crippen MR) is 68.3 cm³/mol. The minimum absolute atomic E-state index is 0.112. The molecule has 3 heterocycles. The van der Waals surface area contributed by atoms with E-state index >= 15 is 0 Å². The van der Waals surface area contributed by atoms with E-state index < -0.39 is 0 Å². The molecule has 0 bridgehead atoms. The van der Waals surface area contributed by atoms with Gasteiger partial charge in [0, 0.05) is 18.0 Å². The van der Waals surface area contributed by atoms with Gasteiger partial charge in [0.15, 0.2) is 5.65 Å². The number of hydrogen-bond donors (Lipinski definition) is 2. The highest BCUT2D eigenvalue weighted by atomic mass is 15.3. The first-order chi connectivity index (χ1) is 8.74. The molecule has 3 rings (SSSR count). The third kappa shape index (κ3) is 1.81. The van der Waals surface area contributed by atoms with Crippen molar-refractivity contribution in [2.24, 2.45) is 0 Å². The van der Waals surface area contributed by atoms with Crippen LogP contribution in [0.1, 0.15) is 24.1 Å². The van der Waals surface area contributed by atoms with Gasteiger partial charge in [-0.05, 0) is 25.5 Å². The van der Waals surface area contributed by atoms with Gasteiger partial charge in [0.25, 0.3) is 0 Å². The molecular weight excluding hydrogens is 228 g/mol. The zero-order chi connectivity index (χ0) is 12.5. The van der Waals surface area contributed by atoms with Crippen molar-refractivity contribution in [1.82, 2.24) is 24.8 Å². The largest absolute Gasteiger partial charge is 0.346 e. The Labute approximate surface area is 104 Å². The van der Waals surface area contributed by atoms with E-state index in [4.69, 9.17) is 0 Å². The number of rotatable bonds is 3. The highest BCUT2D eigenvalue weighted by Crippen LogP contribution is 2.16. The van der Waals surface area contributed by atoms with Crippen molar-refractivity contribution in [2.75, 3.05) is 5.32 Å². The summed E-state index contributed by atoms with van der Waals surface area (Å²) in [5, 5.41) is 14.4. The van der Waals surface area contributed by atoms with E-state index in [9.17, 15) is 0 Å². The molecule has 0 radical (unpaired) electrons. The van der Waals surface area contributed by atoms with Crippen molar-refractivity contribution in [3.05, 3.63) is 41.9 Å². The van der Waals surface area contributed by atoms with Gasteiger partial charge in [0.05, 0.1) is 12.2 Å². The van der Waals surface area contributed by atoms with E-state index in [1.165, 1.54) is 0 Å².